The minimum absolute atomic E-state index is 0.0117. The van der Waals surface area contributed by atoms with Crippen LogP contribution in [0.5, 0.6) is 11.5 Å². The first-order valence-electron chi connectivity index (χ1n) is 10.6. The number of ether oxygens (including phenoxy) is 3. The first kappa shape index (κ1) is 19.5. The van der Waals surface area contributed by atoms with Crippen LogP contribution < -0.4 is 14.8 Å². The Morgan fingerprint density at radius 2 is 2.00 bits per heavy atom. The van der Waals surface area contributed by atoms with E-state index < -0.39 is 0 Å². The Morgan fingerprint density at radius 3 is 2.79 bits per heavy atom. The second-order valence-corrected chi connectivity index (χ2v) is 8.52. The van der Waals surface area contributed by atoms with Crippen LogP contribution in [0.3, 0.4) is 0 Å². The SMILES string of the molecule is CC(C)N1CCCCC1C(=O)NCC1(c2ccc3c(c2)OCO3)CCOCC1. The smallest absolute Gasteiger partial charge is 0.237 e. The number of nitrogens with one attached hydrogen (secondary N) is 1. The molecule has 0 saturated carbocycles. The van der Waals surface area contributed by atoms with Gasteiger partial charge >= 0.3 is 0 Å². The summed E-state index contributed by atoms with van der Waals surface area (Å²) in [6.07, 6.45) is 5.05. The standard InChI is InChI=1S/C22H32N2O4/c1-16(2)24-10-4-3-5-18(24)21(25)23-14-22(8-11-26-12-9-22)17-6-7-19-20(13-17)28-15-27-19/h6-7,13,16,18H,3-5,8-12,14-15H2,1-2H3,(H,23,25). The predicted molar refractivity (Wildman–Crippen MR) is 107 cm³/mol. The van der Waals surface area contributed by atoms with Crippen LogP contribution in [0.15, 0.2) is 18.2 Å². The number of carbonyl (C=O) groups excluding carboxylic acids is 1. The number of hydrogen-bond donors (Lipinski definition) is 1. The zero-order chi connectivity index (χ0) is 19.6. The van der Waals surface area contributed by atoms with Gasteiger partial charge in [-0.05, 0) is 63.8 Å². The number of hydrogen-bond acceptors (Lipinski definition) is 5. The monoisotopic (exact) mass is 388 g/mol. The van der Waals surface area contributed by atoms with Crippen LogP contribution in [-0.4, -0.2) is 56.0 Å². The number of fused-ring (bicyclic) bond motifs is 1. The van der Waals surface area contributed by atoms with Crippen molar-refractivity contribution in [3.05, 3.63) is 23.8 Å². The summed E-state index contributed by atoms with van der Waals surface area (Å²) in [4.78, 5) is 15.4. The highest BCUT2D eigenvalue weighted by atomic mass is 16.7. The molecule has 0 aliphatic carbocycles. The topological polar surface area (TPSA) is 60.0 Å². The van der Waals surface area contributed by atoms with Gasteiger partial charge in [0.25, 0.3) is 0 Å². The van der Waals surface area contributed by atoms with Crippen molar-refractivity contribution in [3.8, 4) is 11.5 Å². The highest BCUT2D eigenvalue weighted by Crippen LogP contribution is 2.40. The fourth-order valence-corrected chi connectivity index (χ4v) is 4.78. The summed E-state index contributed by atoms with van der Waals surface area (Å²) in [5, 5.41) is 3.31. The zero-order valence-corrected chi connectivity index (χ0v) is 17.0. The van der Waals surface area contributed by atoms with Crippen LogP contribution in [0, 0.1) is 0 Å². The zero-order valence-electron chi connectivity index (χ0n) is 17.0. The number of carbonyl (C=O) groups is 1. The number of amides is 1. The lowest BCUT2D eigenvalue weighted by Gasteiger charge is -2.40. The molecule has 0 spiro atoms. The van der Waals surface area contributed by atoms with Gasteiger partial charge in [0.05, 0.1) is 6.04 Å². The minimum Gasteiger partial charge on any atom is -0.454 e. The highest BCUT2D eigenvalue weighted by molar-refractivity contribution is 5.82. The molecule has 3 aliphatic heterocycles. The summed E-state index contributed by atoms with van der Waals surface area (Å²) in [5.74, 6) is 1.76. The number of likely N-dealkylation sites (tertiary alicyclic amines) is 1. The third-order valence-electron chi connectivity index (χ3n) is 6.55. The molecule has 1 N–H and O–H groups in total. The Hall–Kier alpha value is -1.79. The first-order chi connectivity index (χ1) is 13.6. The molecule has 6 nitrogen and oxygen atoms in total. The highest BCUT2D eigenvalue weighted by Gasteiger charge is 2.37. The van der Waals surface area contributed by atoms with Crippen molar-refractivity contribution in [1.82, 2.24) is 10.2 Å². The summed E-state index contributed by atoms with van der Waals surface area (Å²) in [6.45, 7) is 7.71. The van der Waals surface area contributed by atoms with Crippen molar-refractivity contribution in [3.63, 3.8) is 0 Å². The largest absolute Gasteiger partial charge is 0.454 e. The third kappa shape index (κ3) is 3.85. The minimum atomic E-state index is -0.119. The Kier molecular flexibility index (Phi) is 5.78. The van der Waals surface area contributed by atoms with E-state index in [-0.39, 0.29) is 24.2 Å². The molecule has 4 rings (SSSR count). The summed E-state index contributed by atoms with van der Waals surface area (Å²) in [7, 11) is 0. The molecule has 1 amide bonds. The lowest BCUT2D eigenvalue weighted by Crippen LogP contribution is -2.54. The molecule has 6 heteroatoms. The van der Waals surface area contributed by atoms with E-state index in [0.29, 0.717) is 25.8 Å². The van der Waals surface area contributed by atoms with E-state index in [9.17, 15) is 4.79 Å². The molecule has 3 aliphatic rings. The van der Waals surface area contributed by atoms with Crippen LogP contribution in [0.1, 0.15) is 51.5 Å². The Labute approximate surface area is 167 Å². The molecule has 28 heavy (non-hydrogen) atoms. The molecule has 1 atom stereocenters. The van der Waals surface area contributed by atoms with E-state index in [4.69, 9.17) is 14.2 Å². The van der Waals surface area contributed by atoms with Crippen molar-refractivity contribution >= 4 is 5.91 Å². The van der Waals surface area contributed by atoms with Crippen LogP contribution in [0.4, 0.5) is 0 Å². The third-order valence-corrected chi connectivity index (χ3v) is 6.55. The van der Waals surface area contributed by atoms with Crippen molar-refractivity contribution < 1.29 is 19.0 Å². The molecule has 1 unspecified atom stereocenters. The van der Waals surface area contributed by atoms with Gasteiger partial charge in [-0.2, -0.15) is 0 Å². The van der Waals surface area contributed by atoms with E-state index >= 15 is 0 Å². The van der Waals surface area contributed by atoms with Crippen LogP contribution >= 0.6 is 0 Å². The normalized spacial score (nSPS) is 24.3. The molecule has 2 fully saturated rings. The van der Waals surface area contributed by atoms with Crippen molar-refractivity contribution in [2.45, 2.75) is 63.5 Å². The number of benzene rings is 1. The number of piperidine rings is 1. The van der Waals surface area contributed by atoms with Gasteiger partial charge in [-0.15, -0.1) is 0 Å². The van der Waals surface area contributed by atoms with Gasteiger partial charge in [-0.3, -0.25) is 9.69 Å². The van der Waals surface area contributed by atoms with E-state index in [0.717, 1.165) is 43.7 Å². The Morgan fingerprint density at radius 1 is 1.21 bits per heavy atom. The average molecular weight is 389 g/mol. The molecule has 0 aromatic heterocycles. The summed E-state index contributed by atoms with van der Waals surface area (Å²) >= 11 is 0. The van der Waals surface area contributed by atoms with Crippen LogP contribution in [0.2, 0.25) is 0 Å². The van der Waals surface area contributed by atoms with Crippen molar-refractivity contribution in [2.24, 2.45) is 0 Å². The van der Waals surface area contributed by atoms with E-state index in [1.54, 1.807) is 0 Å². The fraction of sp³-hybridized carbons (Fsp3) is 0.682. The van der Waals surface area contributed by atoms with Gasteiger partial charge < -0.3 is 19.5 Å². The maximum atomic E-state index is 13.1. The van der Waals surface area contributed by atoms with Crippen molar-refractivity contribution in [2.75, 3.05) is 33.1 Å². The second-order valence-electron chi connectivity index (χ2n) is 8.52. The van der Waals surface area contributed by atoms with Crippen LogP contribution in [-0.2, 0) is 14.9 Å². The van der Waals surface area contributed by atoms with Gasteiger partial charge in [0.2, 0.25) is 12.7 Å². The summed E-state index contributed by atoms with van der Waals surface area (Å²) in [5.41, 5.74) is 1.08. The maximum Gasteiger partial charge on any atom is 0.237 e. The molecule has 0 bridgehead atoms. The molecule has 0 radical (unpaired) electrons. The van der Waals surface area contributed by atoms with E-state index in [1.807, 2.05) is 6.07 Å². The molecule has 1 aromatic carbocycles. The molecular weight excluding hydrogens is 356 g/mol. The van der Waals surface area contributed by atoms with Crippen molar-refractivity contribution in [1.29, 1.82) is 0 Å². The number of rotatable bonds is 5. The quantitative estimate of drug-likeness (QED) is 0.841. The molecule has 154 valence electrons. The van der Waals surface area contributed by atoms with Gasteiger partial charge in [-0.1, -0.05) is 12.5 Å². The van der Waals surface area contributed by atoms with Gasteiger partial charge in [0.1, 0.15) is 0 Å². The summed E-state index contributed by atoms with van der Waals surface area (Å²) < 4.78 is 16.7. The number of nitrogens with zero attached hydrogens (tertiary/aromatic N) is 1. The second kappa shape index (κ2) is 8.29. The van der Waals surface area contributed by atoms with Crippen LogP contribution in [0.25, 0.3) is 0 Å². The Bertz CT molecular complexity index is 700. The van der Waals surface area contributed by atoms with Gasteiger partial charge in [0, 0.05) is 31.2 Å². The first-order valence-corrected chi connectivity index (χ1v) is 10.6. The van der Waals surface area contributed by atoms with E-state index in [1.165, 1.54) is 12.0 Å². The van der Waals surface area contributed by atoms with Gasteiger partial charge in [0.15, 0.2) is 11.5 Å². The maximum absolute atomic E-state index is 13.1. The molecular formula is C22H32N2O4. The lowest BCUT2D eigenvalue weighted by atomic mass is 9.74. The van der Waals surface area contributed by atoms with Gasteiger partial charge in [-0.25, -0.2) is 0 Å². The average Bonchev–Trinajstić information content (AvgIpc) is 3.20. The summed E-state index contributed by atoms with van der Waals surface area (Å²) in [6, 6.07) is 6.56. The van der Waals surface area contributed by atoms with E-state index in [2.05, 4.69) is 36.2 Å². The predicted octanol–water partition coefficient (Wildman–Crippen LogP) is 2.84. The molecule has 2 saturated heterocycles. The lowest BCUT2D eigenvalue weighted by molar-refractivity contribution is -0.129. The molecule has 3 heterocycles. The fourth-order valence-electron chi connectivity index (χ4n) is 4.78. The Balaban J connectivity index is 1.50. The molecule has 1 aromatic rings.